The predicted molar refractivity (Wildman–Crippen MR) is 50.4 cm³/mol. The Balaban J connectivity index is 1.84. The van der Waals surface area contributed by atoms with Crippen LogP contribution in [-0.4, -0.2) is 15.8 Å². The zero-order valence-electron chi connectivity index (χ0n) is 7.95. The summed E-state index contributed by atoms with van der Waals surface area (Å²) in [6.45, 7) is 0. The van der Waals surface area contributed by atoms with Crippen LogP contribution in [0.3, 0.4) is 0 Å². The Morgan fingerprint density at radius 1 is 1.46 bits per heavy atom. The highest BCUT2D eigenvalue weighted by Gasteiger charge is 2.31. The van der Waals surface area contributed by atoms with E-state index in [9.17, 15) is 0 Å². The summed E-state index contributed by atoms with van der Waals surface area (Å²) in [6, 6.07) is 1.40. The van der Waals surface area contributed by atoms with E-state index in [1.165, 1.54) is 36.9 Å². The third kappa shape index (κ3) is 1.18. The van der Waals surface area contributed by atoms with E-state index in [0.717, 1.165) is 6.04 Å². The topological polar surface area (TPSA) is 29.9 Å². The molecule has 3 heteroatoms. The van der Waals surface area contributed by atoms with E-state index in [-0.39, 0.29) is 0 Å². The molecular formula is C10H15N3. The average molecular weight is 177 g/mol. The van der Waals surface area contributed by atoms with E-state index in [4.69, 9.17) is 0 Å². The van der Waals surface area contributed by atoms with Crippen molar-refractivity contribution in [3.8, 4) is 0 Å². The fraction of sp³-hybridized carbons (Fsp3) is 0.700. The minimum Gasteiger partial charge on any atom is -0.307 e. The molecule has 1 unspecified atom stereocenters. The largest absolute Gasteiger partial charge is 0.307 e. The Morgan fingerprint density at radius 2 is 2.31 bits per heavy atom. The lowest BCUT2D eigenvalue weighted by atomic mass is 10.2. The van der Waals surface area contributed by atoms with Crippen molar-refractivity contribution < 1.29 is 0 Å². The standard InChI is InChI=1S/C10H15N3/c1-13-10-5-4-9(8(10)6-11-13)12-7-2-3-7/h6-7,9,12H,2-5H2,1H3. The van der Waals surface area contributed by atoms with Crippen LogP contribution in [0, 0.1) is 0 Å². The smallest absolute Gasteiger partial charge is 0.0540 e. The van der Waals surface area contributed by atoms with Gasteiger partial charge < -0.3 is 5.32 Å². The molecule has 1 aromatic heterocycles. The van der Waals surface area contributed by atoms with E-state index in [1.807, 2.05) is 17.9 Å². The van der Waals surface area contributed by atoms with Crippen LogP contribution in [0.5, 0.6) is 0 Å². The summed E-state index contributed by atoms with van der Waals surface area (Å²) in [4.78, 5) is 0. The third-order valence-electron chi connectivity index (χ3n) is 3.15. The van der Waals surface area contributed by atoms with Crippen LogP contribution >= 0.6 is 0 Å². The van der Waals surface area contributed by atoms with E-state index in [0.29, 0.717) is 6.04 Å². The van der Waals surface area contributed by atoms with Crippen molar-refractivity contribution in [1.82, 2.24) is 15.1 Å². The van der Waals surface area contributed by atoms with Crippen molar-refractivity contribution in [3.63, 3.8) is 0 Å². The van der Waals surface area contributed by atoms with Crippen LogP contribution < -0.4 is 5.32 Å². The van der Waals surface area contributed by atoms with Gasteiger partial charge in [-0.2, -0.15) is 5.10 Å². The molecule has 0 amide bonds. The number of aryl methyl sites for hydroxylation is 1. The number of hydrogen-bond donors (Lipinski definition) is 1. The van der Waals surface area contributed by atoms with Crippen LogP contribution in [0.15, 0.2) is 6.20 Å². The molecule has 1 atom stereocenters. The summed E-state index contributed by atoms with van der Waals surface area (Å²) >= 11 is 0. The van der Waals surface area contributed by atoms with Gasteiger partial charge in [0.25, 0.3) is 0 Å². The number of aromatic nitrogens is 2. The SMILES string of the molecule is Cn1ncc2c1CCC2NC1CC1. The van der Waals surface area contributed by atoms with Gasteiger partial charge in [-0.25, -0.2) is 0 Å². The second kappa shape index (κ2) is 2.58. The predicted octanol–water partition coefficient (Wildman–Crippen LogP) is 1.16. The minimum atomic E-state index is 0.594. The van der Waals surface area contributed by atoms with Crippen molar-refractivity contribution >= 4 is 0 Å². The van der Waals surface area contributed by atoms with Crippen molar-refractivity contribution in [2.75, 3.05) is 0 Å². The van der Waals surface area contributed by atoms with Gasteiger partial charge in [0, 0.05) is 30.4 Å². The molecule has 1 N–H and O–H groups in total. The molecule has 1 fully saturated rings. The molecule has 2 aliphatic carbocycles. The highest BCUT2D eigenvalue weighted by Crippen LogP contribution is 2.33. The zero-order chi connectivity index (χ0) is 8.84. The number of rotatable bonds is 2. The van der Waals surface area contributed by atoms with Crippen LogP contribution in [0.1, 0.15) is 36.6 Å². The molecule has 0 aromatic carbocycles. The first-order valence-corrected chi connectivity index (χ1v) is 5.11. The Hall–Kier alpha value is -0.830. The first-order chi connectivity index (χ1) is 6.34. The van der Waals surface area contributed by atoms with Gasteiger partial charge >= 0.3 is 0 Å². The van der Waals surface area contributed by atoms with Crippen molar-refractivity contribution in [1.29, 1.82) is 0 Å². The number of nitrogens with one attached hydrogen (secondary N) is 1. The molecule has 13 heavy (non-hydrogen) atoms. The van der Waals surface area contributed by atoms with Crippen LogP contribution in [-0.2, 0) is 13.5 Å². The number of nitrogens with zero attached hydrogens (tertiary/aromatic N) is 2. The summed E-state index contributed by atoms with van der Waals surface area (Å²) in [5.41, 5.74) is 2.87. The second-order valence-corrected chi connectivity index (χ2v) is 4.20. The molecule has 0 saturated heterocycles. The van der Waals surface area contributed by atoms with Crippen molar-refractivity contribution in [3.05, 3.63) is 17.5 Å². The molecule has 1 saturated carbocycles. The quantitative estimate of drug-likeness (QED) is 0.734. The van der Waals surface area contributed by atoms with E-state index >= 15 is 0 Å². The molecule has 70 valence electrons. The Kier molecular flexibility index (Phi) is 1.50. The van der Waals surface area contributed by atoms with Crippen LogP contribution in [0.2, 0.25) is 0 Å². The first kappa shape index (κ1) is 7.56. The molecule has 1 heterocycles. The third-order valence-corrected chi connectivity index (χ3v) is 3.15. The van der Waals surface area contributed by atoms with Gasteiger partial charge in [0.2, 0.25) is 0 Å². The van der Waals surface area contributed by atoms with E-state index in [1.54, 1.807) is 0 Å². The molecule has 0 bridgehead atoms. The molecule has 3 nitrogen and oxygen atoms in total. The maximum absolute atomic E-state index is 4.29. The second-order valence-electron chi connectivity index (χ2n) is 4.20. The monoisotopic (exact) mass is 177 g/mol. The van der Waals surface area contributed by atoms with Gasteiger partial charge in [-0.1, -0.05) is 0 Å². The van der Waals surface area contributed by atoms with Crippen molar-refractivity contribution in [2.24, 2.45) is 7.05 Å². The lowest BCUT2D eigenvalue weighted by molar-refractivity contribution is 0.523. The number of hydrogen-bond acceptors (Lipinski definition) is 2. The molecule has 0 aliphatic heterocycles. The van der Waals surface area contributed by atoms with Gasteiger partial charge in [0.15, 0.2) is 0 Å². The maximum atomic E-state index is 4.29. The van der Waals surface area contributed by atoms with Gasteiger partial charge in [-0.3, -0.25) is 4.68 Å². The Bertz CT molecular complexity index is 325. The summed E-state index contributed by atoms with van der Waals surface area (Å²) in [5.74, 6) is 0. The van der Waals surface area contributed by atoms with Gasteiger partial charge in [0.05, 0.1) is 6.20 Å². The molecule has 3 rings (SSSR count). The molecule has 2 aliphatic rings. The Morgan fingerprint density at radius 3 is 3.08 bits per heavy atom. The summed E-state index contributed by atoms with van der Waals surface area (Å²) in [6.07, 6.45) is 7.22. The van der Waals surface area contributed by atoms with Gasteiger partial charge in [-0.15, -0.1) is 0 Å². The molecule has 0 spiro atoms. The minimum absolute atomic E-state index is 0.594. The lowest BCUT2D eigenvalue weighted by Crippen LogP contribution is -2.20. The summed E-state index contributed by atoms with van der Waals surface area (Å²) in [7, 11) is 2.04. The van der Waals surface area contributed by atoms with E-state index in [2.05, 4.69) is 10.4 Å². The highest BCUT2D eigenvalue weighted by molar-refractivity contribution is 5.27. The van der Waals surface area contributed by atoms with Crippen molar-refractivity contribution in [2.45, 2.75) is 37.8 Å². The fourth-order valence-corrected chi connectivity index (χ4v) is 2.22. The van der Waals surface area contributed by atoms with E-state index < -0.39 is 0 Å². The summed E-state index contributed by atoms with van der Waals surface area (Å²) < 4.78 is 2.02. The highest BCUT2D eigenvalue weighted by atomic mass is 15.3. The Labute approximate surface area is 78.1 Å². The lowest BCUT2D eigenvalue weighted by Gasteiger charge is -2.10. The average Bonchev–Trinajstić information content (AvgIpc) is 2.72. The normalized spacial score (nSPS) is 26.4. The maximum Gasteiger partial charge on any atom is 0.0540 e. The zero-order valence-corrected chi connectivity index (χ0v) is 7.95. The molecule has 1 aromatic rings. The van der Waals surface area contributed by atoms with Gasteiger partial charge in [0.1, 0.15) is 0 Å². The van der Waals surface area contributed by atoms with Crippen LogP contribution in [0.25, 0.3) is 0 Å². The van der Waals surface area contributed by atoms with Crippen LogP contribution in [0.4, 0.5) is 0 Å². The molecular weight excluding hydrogens is 162 g/mol. The fourth-order valence-electron chi connectivity index (χ4n) is 2.22. The number of fused-ring (bicyclic) bond motifs is 1. The summed E-state index contributed by atoms with van der Waals surface area (Å²) in [5, 5.41) is 7.96. The first-order valence-electron chi connectivity index (χ1n) is 5.11. The molecule has 0 radical (unpaired) electrons. The van der Waals surface area contributed by atoms with Gasteiger partial charge in [-0.05, 0) is 25.7 Å².